The summed E-state index contributed by atoms with van der Waals surface area (Å²) in [6.45, 7) is 3.79. The van der Waals surface area contributed by atoms with Gasteiger partial charge in [0.25, 0.3) is 0 Å². The molecule has 1 atom stereocenters. The Kier molecular flexibility index (Phi) is 13.6. The molecule has 0 N–H and O–H groups in total. The summed E-state index contributed by atoms with van der Waals surface area (Å²) in [5.41, 5.74) is 0.447. The van der Waals surface area contributed by atoms with Crippen LogP contribution in [-0.4, -0.2) is 82.9 Å². The molecule has 0 spiro atoms. The van der Waals surface area contributed by atoms with Gasteiger partial charge < -0.3 is 33.2 Å². The Labute approximate surface area is 181 Å². The maximum absolute atomic E-state index is 12.9. The smallest absolute Gasteiger partial charge is 0.377 e. The monoisotopic (exact) mass is 442 g/mol. The molecule has 1 rings (SSSR count). The molecule has 0 bridgehead atoms. The Morgan fingerprint density at radius 3 is 2.13 bits per heavy atom. The van der Waals surface area contributed by atoms with Gasteiger partial charge in [-0.25, -0.2) is 4.79 Å². The van der Waals surface area contributed by atoms with E-state index in [1.165, 1.54) is 0 Å². The maximum atomic E-state index is 12.9. The van der Waals surface area contributed by atoms with Crippen LogP contribution in [0.4, 0.5) is 0 Å². The molecule has 1 unspecified atom stereocenters. The Bertz CT molecular complexity index is 650. The molecule has 170 valence electrons. The molecule has 0 radical (unpaired) electrons. The van der Waals surface area contributed by atoms with Gasteiger partial charge in [0, 0.05) is 21.3 Å². The van der Waals surface area contributed by atoms with Crippen molar-refractivity contribution in [1.29, 1.82) is 0 Å². The van der Waals surface area contributed by atoms with E-state index in [2.05, 4.69) is 0 Å². The highest BCUT2D eigenvalue weighted by atomic mass is 28.1. The average Bonchev–Trinajstić information content (AvgIpc) is 2.75. The van der Waals surface area contributed by atoms with Gasteiger partial charge in [-0.1, -0.05) is 19.1 Å². The van der Waals surface area contributed by atoms with Crippen molar-refractivity contribution in [3.63, 3.8) is 0 Å². The van der Waals surface area contributed by atoms with E-state index in [0.717, 1.165) is 6.42 Å². The first-order valence-corrected chi connectivity index (χ1v) is 11.1. The number of carbonyl (C=O) groups is 1. The quantitative estimate of drug-likeness (QED) is 0.125. The molecule has 0 saturated heterocycles. The summed E-state index contributed by atoms with van der Waals surface area (Å²) >= 11 is 0. The van der Waals surface area contributed by atoms with E-state index in [4.69, 9.17) is 33.2 Å². The molecule has 0 aliphatic rings. The molecule has 30 heavy (non-hydrogen) atoms. The number of para-hydroxylation sites is 1. The molecule has 9 heteroatoms. The number of carbonyl (C=O) groups excluding carboxylic acids is 1. The molecular weight excluding hydrogens is 408 g/mol. The van der Waals surface area contributed by atoms with E-state index in [9.17, 15) is 4.79 Å². The molecule has 1 aromatic rings. The van der Waals surface area contributed by atoms with Gasteiger partial charge in [-0.3, -0.25) is 0 Å². The van der Waals surface area contributed by atoms with Crippen LogP contribution in [0, 0.1) is 0 Å². The zero-order valence-electron chi connectivity index (χ0n) is 18.6. The van der Waals surface area contributed by atoms with Crippen molar-refractivity contribution < 1.29 is 38.0 Å². The van der Waals surface area contributed by atoms with Gasteiger partial charge in [0.1, 0.15) is 25.6 Å². The van der Waals surface area contributed by atoms with E-state index in [0.29, 0.717) is 48.0 Å². The Balaban J connectivity index is 3.37. The maximum Gasteiger partial charge on any atom is 0.377 e. The summed E-state index contributed by atoms with van der Waals surface area (Å²) in [4.78, 5) is 12.9. The molecular formula is C21H34O8Si. The number of hydrogen-bond donors (Lipinski definition) is 0. The third-order valence-electron chi connectivity index (χ3n) is 4.02. The zero-order chi connectivity index (χ0) is 22.2. The lowest BCUT2D eigenvalue weighted by atomic mass is 10.1. The van der Waals surface area contributed by atoms with Crippen LogP contribution < -0.4 is 4.74 Å². The Morgan fingerprint density at radius 2 is 1.50 bits per heavy atom. The molecule has 0 saturated carbocycles. The van der Waals surface area contributed by atoms with Crippen LogP contribution in [0.5, 0.6) is 5.75 Å². The number of esters is 1. The van der Waals surface area contributed by atoms with Crippen LogP contribution in [0.1, 0.15) is 18.9 Å². The van der Waals surface area contributed by atoms with Gasteiger partial charge in [0.15, 0.2) is 5.76 Å². The molecule has 8 nitrogen and oxygen atoms in total. The second-order valence-electron chi connectivity index (χ2n) is 6.30. The predicted molar refractivity (Wildman–Crippen MR) is 116 cm³/mol. The fourth-order valence-corrected chi connectivity index (χ4v) is 2.49. The van der Waals surface area contributed by atoms with Crippen molar-refractivity contribution in [2.24, 2.45) is 0 Å². The summed E-state index contributed by atoms with van der Waals surface area (Å²) < 4.78 is 38.3. The lowest BCUT2D eigenvalue weighted by Gasteiger charge is -2.20. The van der Waals surface area contributed by atoms with Crippen LogP contribution in [-0.2, 0) is 33.2 Å². The predicted octanol–water partition coefficient (Wildman–Crippen LogP) is 1.35. The van der Waals surface area contributed by atoms with Crippen molar-refractivity contribution in [2.45, 2.75) is 19.1 Å². The highest BCUT2D eigenvalue weighted by Crippen LogP contribution is 2.30. The molecule has 0 aliphatic carbocycles. The lowest BCUT2D eigenvalue weighted by Crippen LogP contribution is -2.22. The first kappa shape index (κ1) is 26.0. The summed E-state index contributed by atoms with van der Waals surface area (Å²) in [6, 6.07) is 7.27. The van der Waals surface area contributed by atoms with Gasteiger partial charge in [0.05, 0.1) is 41.4 Å². The third-order valence-corrected chi connectivity index (χ3v) is 5.07. The van der Waals surface area contributed by atoms with Crippen LogP contribution in [0.3, 0.4) is 0 Å². The van der Waals surface area contributed by atoms with Crippen LogP contribution >= 0.6 is 0 Å². The Morgan fingerprint density at radius 1 is 0.900 bits per heavy atom. The summed E-state index contributed by atoms with van der Waals surface area (Å²) in [7, 11) is 5.45. The number of benzene rings is 1. The second-order valence-corrected chi connectivity index (χ2v) is 7.59. The van der Waals surface area contributed by atoms with Crippen LogP contribution in [0.25, 0.3) is 5.76 Å². The van der Waals surface area contributed by atoms with Crippen molar-refractivity contribution in [1.82, 2.24) is 0 Å². The fraction of sp³-hybridized carbons (Fsp3) is 0.571. The molecule has 0 aliphatic heterocycles. The molecule has 1 aromatic carbocycles. The lowest BCUT2D eigenvalue weighted by molar-refractivity contribution is -0.145. The molecule has 0 fully saturated rings. The SMILES string of the molecule is CCC([SiH3])OC(=O)C(OCCOC)=C(OCCOC)c1ccccc1OCCOC. The largest absolute Gasteiger partial charge is 0.490 e. The first-order valence-electron chi connectivity index (χ1n) is 9.98. The standard InChI is InChI=1S/C21H34O8Si/c1-5-18(30)29-21(22)20(28-15-12-25-4)19(27-14-11-24-3)16-8-6-7-9-17(16)26-13-10-23-2/h6-9,18H,5,10-15H2,1-4,30H3. The van der Waals surface area contributed by atoms with E-state index < -0.39 is 5.97 Å². The van der Waals surface area contributed by atoms with Gasteiger partial charge in [-0.05, 0) is 18.6 Å². The van der Waals surface area contributed by atoms with Crippen molar-refractivity contribution in [2.75, 3.05) is 61.0 Å². The number of hydrogen-bond acceptors (Lipinski definition) is 8. The third kappa shape index (κ3) is 9.16. The topological polar surface area (TPSA) is 81.7 Å². The zero-order valence-corrected chi connectivity index (χ0v) is 20.6. The van der Waals surface area contributed by atoms with Gasteiger partial charge in [-0.2, -0.15) is 0 Å². The molecule has 0 aromatic heterocycles. The highest BCUT2D eigenvalue weighted by molar-refractivity contribution is 6.12. The van der Waals surface area contributed by atoms with Gasteiger partial charge >= 0.3 is 5.97 Å². The normalized spacial score (nSPS) is 12.8. The van der Waals surface area contributed by atoms with E-state index >= 15 is 0 Å². The number of methoxy groups -OCH3 is 3. The first-order chi connectivity index (χ1) is 14.6. The highest BCUT2D eigenvalue weighted by Gasteiger charge is 2.26. The minimum Gasteiger partial charge on any atom is -0.490 e. The number of rotatable bonds is 16. The van der Waals surface area contributed by atoms with Crippen molar-refractivity contribution in [3.05, 3.63) is 35.6 Å². The van der Waals surface area contributed by atoms with Crippen molar-refractivity contribution >= 4 is 22.0 Å². The minimum atomic E-state index is -0.577. The van der Waals surface area contributed by atoms with Crippen LogP contribution in [0.15, 0.2) is 30.0 Å². The van der Waals surface area contributed by atoms with E-state index in [1.807, 2.05) is 19.1 Å². The summed E-state index contributed by atoms with van der Waals surface area (Å²) in [5, 5.41) is 0. The van der Waals surface area contributed by atoms with Gasteiger partial charge in [-0.15, -0.1) is 0 Å². The Hall–Kier alpha value is -2.07. The van der Waals surface area contributed by atoms with Crippen LogP contribution in [0.2, 0.25) is 0 Å². The van der Waals surface area contributed by atoms with Crippen molar-refractivity contribution in [3.8, 4) is 5.75 Å². The minimum absolute atomic E-state index is 0.0137. The van der Waals surface area contributed by atoms with E-state index in [-0.39, 0.29) is 30.5 Å². The molecule has 0 heterocycles. The fourth-order valence-electron chi connectivity index (χ4n) is 2.27. The average molecular weight is 443 g/mol. The van der Waals surface area contributed by atoms with E-state index in [1.54, 1.807) is 33.5 Å². The van der Waals surface area contributed by atoms with Gasteiger partial charge in [0.2, 0.25) is 5.76 Å². The summed E-state index contributed by atoms with van der Waals surface area (Å²) in [5.74, 6) is 0.193. The summed E-state index contributed by atoms with van der Waals surface area (Å²) in [6.07, 6.45) is 0.736. The molecule has 0 amide bonds. The second kappa shape index (κ2) is 15.7. The number of ether oxygens (including phenoxy) is 7.